The predicted octanol–water partition coefficient (Wildman–Crippen LogP) is -0.00640. The minimum absolute atomic E-state index is 0.309. The van der Waals surface area contributed by atoms with Crippen molar-refractivity contribution in [2.24, 2.45) is 5.73 Å². The Morgan fingerprint density at radius 1 is 1.69 bits per heavy atom. The van der Waals surface area contributed by atoms with Crippen LogP contribution in [0, 0.1) is 0 Å². The van der Waals surface area contributed by atoms with E-state index in [4.69, 9.17) is 5.73 Å². The smallest absolute Gasteiger partial charge is 0.111 e. The maximum absolute atomic E-state index is 9.22. The average Bonchev–Trinajstić information content (AvgIpc) is 2.46. The molecule has 0 amide bonds. The van der Waals surface area contributed by atoms with E-state index in [2.05, 4.69) is 10.3 Å². The van der Waals surface area contributed by atoms with Crippen molar-refractivity contribution in [1.29, 1.82) is 0 Å². The first kappa shape index (κ1) is 8.65. The quantitative estimate of drug-likeness (QED) is 0.674. The molecule has 0 saturated heterocycles. The van der Waals surface area contributed by atoms with E-state index in [-0.39, 0.29) is 0 Å². The Morgan fingerprint density at radius 2 is 2.38 bits per heavy atom. The van der Waals surface area contributed by atoms with Crippen molar-refractivity contribution in [3.63, 3.8) is 0 Å². The third-order valence-electron chi connectivity index (χ3n) is 2.48. The van der Waals surface area contributed by atoms with Crippen LogP contribution in [-0.2, 0) is 0 Å². The zero-order chi connectivity index (χ0) is 9.42. The highest BCUT2D eigenvalue weighted by atomic mass is 16.3. The van der Waals surface area contributed by atoms with Crippen molar-refractivity contribution in [2.45, 2.75) is 38.0 Å². The lowest BCUT2D eigenvalue weighted by Gasteiger charge is -2.31. The number of aromatic nitrogens is 3. The molecular weight excluding hydrogens is 168 g/mol. The molecule has 0 spiro atoms. The zero-order valence-corrected chi connectivity index (χ0v) is 7.59. The molecule has 1 aromatic heterocycles. The lowest BCUT2D eigenvalue weighted by Crippen LogP contribution is -2.37. The van der Waals surface area contributed by atoms with Crippen LogP contribution in [0.1, 0.15) is 37.6 Å². The highest BCUT2D eigenvalue weighted by molar-refractivity contribution is 4.98. The molecule has 72 valence electrons. The summed E-state index contributed by atoms with van der Waals surface area (Å²) in [6.07, 6.45) is 3.18. The summed E-state index contributed by atoms with van der Waals surface area (Å²) < 4.78 is 1.80. The molecule has 5 nitrogen and oxygen atoms in total. The van der Waals surface area contributed by atoms with E-state index in [1.54, 1.807) is 17.8 Å². The largest absolute Gasteiger partial charge is 0.387 e. The van der Waals surface area contributed by atoms with Crippen molar-refractivity contribution < 1.29 is 5.11 Å². The van der Waals surface area contributed by atoms with Gasteiger partial charge >= 0.3 is 0 Å². The summed E-state index contributed by atoms with van der Waals surface area (Å²) >= 11 is 0. The molecule has 1 aliphatic carbocycles. The van der Waals surface area contributed by atoms with E-state index in [1.807, 2.05) is 0 Å². The minimum Gasteiger partial charge on any atom is -0.387 e. The summed E-state index contributed by atoms with van der Waals surface area (Å²) in [6.45, 7) is 1.68. The van der Waals surface area contributed by atoms with Crippen LogP contribution in [0.4, 0.5) is 0 Å². The van der Waals surface area contributed by atoms with Gasteiger partial charge in [0.15, 0.2) is 0 Å². The van der Waals surface area contributed by atoms with E-state index in [9.17, 15) is 5.11 Å². The monoisotopic (exact) mass is 182 g/mol. The van der Waals surface area contributed by atoms with Gasteiger partial charge in [-0.05, 0) is 19.8 Å². The molecule has 5 heteroatoms. The Labute approximate surface area is 76.5 Å². The highest BCUT2D eigenvalue weighted by Gasteiger charge is 2.28. The van der Waals surface area contributed by atoms with Gasteiger partial charge in [-0.2, -0.15) is 0 Å². The maximum atomic E-state index is 9.22. The Morgan fingerprint density at radius 3 is 2.85 bits per heavy atom. The van der Waals surface area contributed by atoms with Crippen LogP contribution in [0.5, 0.6) is 0 Å². The third-order valence-corrected chi connectivity index (χ3v) is 2.48. The molecule has 1 fully saturated rings. The normalized spacial score (nSPS) is 29.8. The topological polar surface area (TPSA) is 77.0 Å². The first-order chi connectivity index (χ1) is 6.16. The van der Waals surface area contributed by atoms with E-state index < -0.39 is 6.10 Å². The molecular formula is C8H14N4O. The van der Waals surface area contributed by atoms with Crippen LogP contribution in [-0.4, -0.2) is 26.1 Å². The van der Waals surface area contributed by atoms with Crippen molar-refractivity contribution in [2.75, 3.05) is 0 Å². The van der Waals surface area contributed by atoms with Crippen LogP contribution in [0.25, 0.3) is 0 Å². The zero-order valence-electron chi connectivity index (χ0n) is 7.59. The van der Waals surface area contributed by atoms with Crippen LogP contribution in [0.15, 0.2) is 6.20 Å². The van der Waals surface area contributed by atoms with Gasteiger partial charge in [0.25, 0.3) is 0 Å². The molecule has 1 heterocycles. The second-order valence-electron chi connectivity index (χ2n) is 3.68. The van der Waals surface area contributed by atoms with Crippen molar-refractivity contribution >= 4 is 0 Å². The van der Waals surface area contributed by atoms with Crippen molar-refractivity contribution in [3.05, 3.63) is 11.9 Å². The van der Waals surface area contributed by atoms with Crippen LogP contribution >= 0.6 is 0 Å². The van der Waals surface area contributed by atoms with Gasteiger partial charge < -0.3 is 10.8 Å². The van der Waals surface area contributed by atoms with E-state index in [1.165, 1.54) is 0 Å². The van der Waals surface area contributed by atoms with Gasteiger partial charge in [0.05, 0.1) is 18.3 Å². The fourth-order valence-electron chi connectivity index (χ4n) is 1.51. The molecule has 1 aromatic rings. The molecule has 0 radical (unpaired) electrons. The van der Waals surface area contributed by atoms with Crippen LogP contribution in [0.3, 0.4) is 0 Å². The molecule has 3 N–H and O–H groups in total. The molecule has 0 aliphatic heterocycles. The minimum atomic E-state index is -0.539. The Bertz CT molecular complexity index is 290. The molecule has 0 aromatic carbocycles. The predicted molar refractivity (Wildman–Crippen MR) is 46.9 cm³/mol. The number of nitrogens with zero attached hydrogens (tertiary/aromatic N) is 3. The Balaban J connectivity index is 2.06. The molecule has 1 aliphatic rings. The maximum Gasteiger partial charge on any atom is 0.111 e. The van der Waals surface area contributed by atoms with Crippen LogP contribution < -0.4 is 5.73 Å². The summed E-state index contributed by atoms with van der Waals surface area (Å²) in [6, 6.07) is 0.694. The number of hydrogen-bond donors (Lipinski definition) is 2. The van der Waals surface area contributed by atoms with Crippen LogP contribution in [0.2, 0.25) is 0 Å². The Hall–Kier alpha value is -0.940. The van der Waals surface area contributed by atoms with E-state index >= 15 is 0 Å². The lowest BCUT2D eigenvalue weighted by atomic mass is 9.88. The molecule has 2 rings (SSSR count). The molecule has 1 atom stereocenters. The van der Waals surface area contributed by atoms with Crippen molar-refractivity contribution in [1.82, 2.24) is 15.0 Å². The summed E-state index contributed by atoms with van der Waals surface area (Å²) in [4.78, 5) is 0. The van der Waals surface area contributed by atoms with Gasteiger partial charge in [-0.25, -0.2) is 4.68 Å². The fraction of sp³-hybridized carbons (Fsp3) is 0.750. The summed E-state index contributed by atoms with van der Waals surface area (Å²) in [5, 5.41) is 17.0. The summed E-state index contributed by atoms with van der Waals surface area (Å²) in [5.41, 5.74) is 6.29. The van der Waals surface area contributed by atoms with Gasteiger partial charge in [-0.1, -0.05) is 5.21 Å². The van der Waals surface area contributed by atoms with E-state index in [0.29, 0.717) is 17.8 Å². The van der Waals surface area contributed by atoms with Gasteiger partial charge in [0.2, 0.25) is 0 Å². The molecule has 1 saturated carbocycles. The fourth-order valence-corrected chi connectivity index (χ4v) is 1.51. The summed E-state index contributed by atoms with van der Waals surface area (Å²) in [7, 11) is 0. The Kier molecular flexibility index (Phi) is 2.05. The lowest BCUT2D eigenvalue weighted by molar-refractivity contribution is 0.194. The third kappa shape index (κ3) is 1.57. The first-order valence-corrected chi connectivity index (χ1v) is 4.52. The first-order valence-electron chi connectivity index (χ1n) is 4.52. The van der Waals surface area contributed by atoms with Gasteiger partial charge in [0, 0.05) is 6.04 Å². The van der Waals surface area contributed by atoms with Gasteiger partial charge in [-0.15, -0.1) is 5.10 Å². The number of aliphatic hydroxyl groups is 1. The summed E-state index contributed by atoms with van der Waals surface area (Å²) in [5.74, 6) is 0. The van der Waals surface area contributed by atoms with Gasteiger partial charge in [0.1, 0.15) is 5.69 Å². The molecule has 13 heavy (non-hydrogen) atoms. The number of hydrogen-bond acceptors (Lipinski definition) is 4. The standard InChI is InChI=1S/C8H14N4O/c1-5(13)8-4-12(11-10-8)7-2-6(9)3-7/h4-7,13H,2-3,9H2,1H3/t5-,6-,7-/m1/s1. The second-order valence-corrected chi connectivity index (χ2v) is 3.68. The second kappa shape index (κ2) is 3.08. The highest BCUT2D eigenvalue weighted by Crippen LogP contribution is 2.30. The molecule has 0 unspecified atom stereocenters. The SMILES string of the molecule is C[C@@H](O)c1cn([C@H]2C[C@H](N)C2)nn1. The number of aliphatic hydroxyl groups excluding tert-OH is 1. The average molecular weight is 182 g/mol. The van der Waals surface area contributed by atoms with E-state index in [0.717, 1.165) is 12.8 Å². The van der Waals surface area contributed by atoms with Gasteiger partial charge in [-0.3, -0.25) is 0 Å². The van der Waals surface area contributed by atoms with Crippen molar-refractivity contribution in [3.8, 4) is 0 Å². The molecule has 0 bridgehead atoms. The number of rotatable bonds is 2. The number of nitrogens with two attached hydrogens (primary N) is 1.